The molecule has 262 valence electrons. The summed E-state index contributed by atoms with van der Waals surface area (Å²) in [5, 5.41) is 4.67. The van der Waals surface area contributed by atoms with Crippen LogP contribution in [0, 0.1) is 0 Å². The Morgan fingerprint density at radius 2 is 0.750 bits per heavy atom. The number of aromatic nitrogens is 5. The van der Waals surface area contributed by atoms with Gasteiger partial charge in [-0.1, -0.05) is 164 Å². The van der Waals surface area contributed by atoms with E-state index >= 15 is 0 Å². The van der Waals surface area contributed by atoms with E-state index < -0.39 is 0 Å². The second-order valence-corrected chi connectivity index (χ2v) is 14.1. The molecule has 0 aliphatic carbocycles. The standard InChI is InChI=1S/C51H33N5/c1-5-17-34(18-6-1)38-29-30-46(41(31-38)35-19-7-2-8-20-35)55-44-27-15-13-25-39(44)42-32-43-40-26-14-16-28-45(40)56(48(43)33-47(42)55)51-53-49(36-21-9-3-10-22-36)52-50(54-51)37-23-11-4-12-24-37/h1-33H. The quantitative estimate of drug-likeness (QED) is 0.172. The molecule has 0 unspecified atom stereocenters. The summed E-state index contributed by atoms with van der Waals surface area (Å²) in [6.45, 7) is 0. The molecule has 11 aromatic rings. The van der Waals surface area contributed by atoms with E-state index in [2.05, 4.69) is 173 Å². The van der Waals surface area contributed by atoms with Crippen molar-refractivity contribution >= 4 is 43.6 Å². The van der Waals surface area contributed by atoms with Gasteiger partial charge in [-0.15, -0.1) is 0 Å². The fourth-order valence-corrected chi connectivity index (χ4v) is 8.19. The Bertz CT molecular complexity index is 3160. The predicted molar refractivity (Wildman–Crippen MR) is 230 cm³/mol. The summed E-state index contributed by atoms with van der Waals surface area (Å²) in [4.78, 5) is 15.4. The summed E-state index contributed by atoms with van der Waals surface area (Å²) < 4.78 is 4.64. The van der Waals surface area contributed by atoms with Crippen LogP contribution in [0.5, 0.6) is 0 Å². The molecular formula is C51H33N5. The molecule has 0 N–H and O–H groups in total. The first-order valence-corrected chi connectivity index (χ1v) is 18.9. The lowest BCUT2D eigenvalue weighted by Crippen LogP contribution is -2.06. The van der Waals surface area contributed by atoms with Crippen LogP contribution in [0.2, 0.25) is 0 Å². The zero-order valence-corrected chi connectivity index (χ0v) is 30.3. The maximum Gasteiger partial charge on any atom is 0.238 e. The van der Waals surface area contributed by atoms with Gasteiger partial charge in [0.2, 0.25) is 5.95 Å². The van der Waals surface area contributed by atoms with E-state index in [-0.39, 0.29) is 0 Å². The first-order chi connectivity index (χ1) is 27.8. The molecule has 0 spiro atoms. The van der Waals surface area contributed by atoms with Crippen molar-refractivity contribution in [1.29, 1.82) is 0 Å². The molecule has 0 saturated heterocycles. The van der Waals surface area contributed by atoms with Crippen LogP contribution in [0.4, 0.5) is 0 Å². The third-order valence-electron chi connectivity index (χ3n) is 10.8. The summed E-state index contributed by atoms with van der Waals surface area (Å²) >= 11 is 0. The van der Waals surface area contributed by atoms with Crippen molar-refractivity contribution in [1.82, 2.24) is 24.1 Å². The molecule has 11 rings (SSSR count). The number of rotatable bonds is 6. The fourth-order valence-electron chi connectivity index (χ4n) is 8.19. The van der Waals surface area contributed by atoms with Gasteiger partial charge in [0, 0.05) is 38.2 Å². The minimum Gasteiger partial charge on any atom is -0.309 e. The highest BCUT2D eigenvalue weighted by molar-refractivity contribution is 6.19. The molecule has 0 saturated carbocycles. The average Bonchev–Trinajstić information content (AvgIpc) is 3.78. The summed E-state index contributed by atoms with van der Waals surface area (Å²) in [5.41, 5.74) is 12.0. The van der Waals surface area contributed by atoms with Crippen molar-refractivity contribution in [2.75, 3.05) is 0 Å². The molecule has 5 nitrogen and oxygen atoms in total. The molecule has 8 aromatic carbocycles. The SMILES string of the molecule is c1ccc(-c2ccc(-n3c4ccccc4c4cc5c6ccccc6n(-c6nc(-c7ccccc7)nc(-c7ccccc7)n6)c5cc43)c(-c3ccccc3)c2)cc1. The lowest BCUT2D eigenvalue weighted by molar-refractivity contribution is 0.953. The minimum absolute atomic E-state index is 0.572. The van der Waals surface area contributed by atoms with E-state index in [0.29, 0.717) is 17.6 Å². The maximum atomic E-state index is 5.20. The molecule has 5 heteroatoms. The van der Waals surface area contributed by atoms with Crippen LogP contribution in [0.3, 0.4) is 0 Å². The molecule has 3 heterocycles. The van der Waals surface area contributed by atoms with Crippen LogP contribution in [-0.2, 0) is 0 Å². The summed E-state index contributed by atoms with van der Waals surface area (Å²) in [7, 11) is 0. The topological polar surface area (TPSA) is 48.5 Å². The molecule has 0 fully saturated rings. The molecule has 0 bridgehead atoms. The maximum absolute atomic E-state index is 5.20. The Morgan fingerprint density at radius 3 is 1.32 bits per heavy atom. The Morgan fingerprint density at radius 1 is 0.286 bits per heavy atom. The summed E-state index contributed by atoms with van der Waals surface area (Å²) in [5.74, 6) is 1.83. The highest BCUT2D eigenvalue weighted by atomic mass is 15.2. The summed E-state index contributed by atoms with van der Waals surface area (Å²) in [6.07, 6.45) is 0. The highest BCUT2D eigenvalue weighted by Crippen LogP contribution is 2.42. The van der Waals surface area contributed by atoms with E-state index in [1.807, 2.05) is 36.4 Å². The van der Waals surface area contributed by atoms with E-state index in [9.17, 15) is 0 Å². The van der Waals surface area contributed by atoms with Gasteiger partial charge in [0.1, 0.15) is 0 Å². The van der Waals surface area contributed by atoms with E-state index in [1.54, 1.807) is 0 Å². The van der Waals surface area contributed by atoms with Crippen LogP contribution in [0.1, 0.15) is 0 Å². The smallest absolute Gasteiger partial charge is 0.238 e. The number of hydrogen-bond donors (Lipinski definition) is 0. The van der Waals surface area contributed by atoms with Crippen LogP contribution < -0.4 is 0 Å². The normalized spacial score (nSPS) is 11.6. The van der Waals surface area contributed by atoms with Crippen LogP contribution in [0.25, 0.3) is 100 Å². The molecule has 0 radical (unpaired) electrons. The molecule has 3 aromatic heterocycles. The number of para-hydroxylation sites is 2. The van der Waals surface area contributed by atoms with Crippen molar-refractivity contribution in [2.24, 2.45) is 0 Å². The average molecular weight is 716 g/mol. The van der Waals surface area contributed by atoms with Gasteiger partial charge in [0.25, 0.3) is 0 Å². The molecule has 0 amide bonds. The summed E-state index contributed by atoms with van der Waals surface area (Å²) in [6, 6.07) is 70.5. The third-order valence-corrected chi connectivity index (χ3v) is 10.8. The van der Waals surface area contributed by atoms with Gasteiger partial charge >= 0.3 is 0 Å². The lowest BCUT2D eigenvalue weighted by atomic mass is 9.97. The number of hydrogen-bond acceptors (Lipinski definition) is 3. The van der Waals surface area contributed by atoms with Crippen molar-refractivity contribution in [2.45, 2.75) is 0 Å². The van der Waals surface area contributed by atoms with Gasteiger partial charge in [0.05, 0.1) is 27.8 Å². The molecule has 0 atom stereocenters. The predicted octanol–water partition coefficient (Wildman–Crippen LogP) is 12.7. The first kappa shape index (κ1) is 31.9. The van der Waals surface area contributed by atoms with Gasteiger partial charge < -0.3 is 4.57 Å². The second-order valence-electron chi connectivity index (χ2n) is 14.1. The van der Waals surface area contributed by atoms with Gasteiger partial charge in [-0.05, 0) is 53.1 Å². The Balaban J connectivity index is 1.23. The first-order valence-electron chi connectivity index (χ1n) is 18.9. The Labute approximate surface area is 323 Å². The van der Waals surface area contributed by atoms with Crippen LogP contribution >= 0.6 is 0 Å². The zero-order chi connectivity index (χ0) is 37.0. The fraction of sp³-hybridized carbons (Fsp3) is 0. The largest absolute Gasteiger partial charge is 0.309 e. The molecular weight excluding hydrogens is 683 g/mol. The van der Waals surface area contributed by atoms with Gasteiger partial charge in [0.15, 0.2) is 11.6 Å². The number of benzene rings is 8. The van der Waals surface area contributed by atoms with Gasteiger partial charge in [-0.2, -0.15) is 9.97 Å². The molecule has 56 heavy (non-hydrogen) atoms. The second kappa shape index (κ2) is 13.0. The Kier molecular flexibility index (Phi) is 7.42. The van der Waals surface area contributed by atoms with E-state index in [1.165, 1.54) is 21.9 Å². The number of nitrogens with zero attached hydrogens (tertiary/aromatic N) is 5. The Hall–Kier alpha value is -7.63. The van der Waals surface area contributed by atoms with Crippen molar-refractivity contribution in [3.05, 3.63) is 200 Å². The van der Waals surface area contributed by atoms with E-state index in [0.717, 1.165) is 60.8 Å². The van der Waals surface area contributed by atoms with Crippen molar-refractivity contribution < 1.29 is 0 Å². The zero-order valence-electron chi connectivity index (χ0n) is 30.3. The van der Waals surface area contributed by atoms with E-state index in [4.69, 9.17) is 15.0 Å². The van der Waals surface area contributed by atoms with Crippen molar-refractivity contribution in [3.63, 3.8) is 0 Å². The van der Waals surface area contributed by atoms with Crippen LogP contribution in [-0.4, -0.2) is 24.1 Å². The van der Waals surface area contributed by atoms with Gasteiger partial charge in [-0.25, -0.2) is 4.98 Å². The minimum atomic E-state index is 0.572. The molecule has 0 aliphatic heterocycles. The molecule has 0 aliphatic rings. The lowest BCUT2D eigenvalue weighted by Gasteiger charge is -2.16. The van der Waals surface area contributed by atoms with Gasteiger partial charge in [-0.3, -0.25) is 4.57 Å². The number of fused-ring (bicyclic) bond motifs is 6. The highest BCUT2D eigenvalue weighted by Gasteiger charge is 2.22. The van der Waals surface area contributed by atoms with Crippen molar-refractivity contribution in [3.8, 4) is 56.7 Å². The monoisotopic (exact) mass is 715 g/mol. The third kappa shape index (κ3) is 5.21. The van der Waals surface area contributed by atoms with Crippen LogP contribution in [0.15, 0.2) is 200 Å².